The first kappa shape index (κ1) is 13.6. The topological polar surface area (TPSA) is 57.6 Å². The maximum absolute atomic E-state index is 11.1. The van der Waals surface area contributed by atoms with E-state index >= 15 is 0 Å². The van der Waals surface area contributed by atoms with Crippen molar-refractivity contribution in [1.29, 1.82) is 0 Å². The largest absolute Gasteiger partial charge is 0.480 e. The Morgan fingerprint density at radius 3 is 2.29 bits per heavy atom. The average molecular weight is 258 g/mol. The van der Waals surface area contributed by atoms with Gasteiger partial charge in [-0.25, -0.2) is 4.79 Å². The van der Waals surface area contributed by atoms with Gasteiger partial charge in [-0.15, -0.1) is 0 Å². The van der Waals surface area contributed by atoms with Gasteiger partial charge in [-0.05, 0) is 0 Å². The lowest BCUT2D eigenvalue weighted by molar-refractivity contribution is -0.146. The molecule has 1 N–H and O–H groups in total. The van der Waals surface area contributed by atoms with Gasteiger partial charge in [-0.1, -0.05) is 23.2 Å². The highest BCUT2D eigenvalue weighted by Crippen LogP contribution is 2.12. The summed E-state index contributed by atoms with van der Waals surface area (Å²) in [6.45, 7) is 1.21. The fraction of sp³-hybridized carbons (Fsp3) is 0.429. The maximum Gasteiger partial charge on any atom is 0.327 e. The lowest BCUT2D eigenvalue weighted by Gasteiger charge is -2.22. The molecule has 0 saturated carbocycles. The van der Waals surface area contributed by atoms with Gasteiger partial charge in [0.15, 0.2) is 0 Å². The minimum absolute atomic E-state index is 0.0214. The molecule has 0 heterocycles. The number of carboxylic acids is 1. The summed E-state index contributed by atoms with van der Waals surface area (Å²) in [5, 5.41) is 8.75. The molecule has 0 aromatic rings. The minimum atomic E-state index is -1.17. The standard InChI is InChI=1S/C7H9Cl2NO3S/c1-4(11)10(2-6(8)9)5(3-14)7(12)13/h2,5,14H,3H2,1H3,(H,12,13)/t5-/m0/s1. The molecule has 0 radical (unpaired) electrons. The number of hydrogen-bond donors (Lipinski definition) is 2. The first-order chi connectivity index (χ1) is 6.40. The second-order valence-electron chi connectivity index (χ2n) is 2.38. The van der Waals surface area contributed by atoms with E-state index in [2.05, 4.69) is 12.6 Å². The molecule has 1 amide bonds. The zero-order chi connectivity index (χ0) is 11.3. The maximum atomic E-state index is 11.1. The zero-order valence-corrected chi connectivity index (χ0v) is 9.68. The van der Waals surface area contributed by atoms with Crippen LogP contribution in [0.3, 0.4) is 0 Å². The third-order valence-electron chi connectivity index (χ3n) is 1.39. The molecule has 14 heavy (non-hydrogen) atoms. The number of aliphatic carboxylic acids is 1. The van der Waals surface area contributed by atoms with Crippen molar-refractivity contribution < 1.29 is 14.7 Å². The van der Waals surface area contributed by atoms with Crippen molar-refractivity contribution in [3.8, 4) is 0 Å². The number of nitrogens with zero attached hydrogens (tertiary/aromatic N) is 1. The monoisotopic (exact) mass is 257 g/mol. The van der Waals surface area contributed by atoms with E-state index < -0.39 is 17.9 Å². The van der Waals surface area contributed by atoms with Crippen LogP contribution in [-0.2, 0) is 9.59 Å². The van der Waals surface area contributed by atoms with Gasteiger partial charge in [0.05, 0.1) is 0 Å². The van der Waals surface area contributed by atoms with Crippen LogP contribution < -0.4 is 0 Å². The Bertz CT molecular complexity index is 266. The van der Waals surface area contributed by atoms with Crippen molar-refractivity contribution >= 4 is 47.7 Å². The highest BCUT2D eigenvalue weighted by Gasteiger charge is 2.25. The summed E-state index contributed by atoms with van der Waals surface area (Å²) in [5.41, 5.74) is 0. The second kappa shape index (κ2) is 6.16. The molecule has 4 nitrogen and oxygen atoms in total. The van der Waals surface area contributed by atoms with Gasteiger partial charge in [-0.3, -0.25) is 4.79 Å². The van der Waals surface area contributed by atoms with Crippen LogP contribution in [0.25, 0.3) is 0 Å². The third kappa shape index (κ3) is 4.21. The van der Waals surface area contributed by atoms with Crippen LogP contribution in [-0.4, -0.2) is 33.7 Å². The summed E-state index contributed by atoms with van der Waals surface area (Å²) >= 11 is 14.5. The van der Waals surface area contributed by atoms with Crippen molar-refractivity contribution in [2.75, 3.05) is 5.75 Å². The Morgan fingerprint density at radius 2 is 2.07 bits per heavy atom. The average Bonchev–Trinajstić information content (AvgIpc) is 2.02. The van der Waals surface area contributed by atoms with E-state index in [1.807, 2.05) is 0 Å². The Kier molecular flexibility index (Phi) is 5.99. The Labute approximate surface area is 96.9 Å². The van der Waals surface area contributed by atoms with Crippen molar-refractivity contribution in [3.63, 3.8) is 0 Å². The van der Waals surface area contributed by atoms with Crippen LogP contribution in [0.1, 0.15) is 6.92 Å². The van der Waals surface area contributed by atoms with Crippen molar-refractivity contribution in [2.45, 2.75) is 13.0 Å². The van der Waals surface area contributed by atoms with Crippen LogP contribution >= 0.6 is 35.8 Å². The Hall–Kier alpha value is -0.390. The van der Waals surface area contributed by atoms with E-state index in [-0.39, 0.29) is 10.2 Å². The highest BCUT2D eigenvalue weighted by molar-refractivity contribution is 7.80. The normalized spacial score (nSPS) is 11.7. The molecule has 0 unspecified atom stereocenters. The van der Waals surface area contributed by atoms with E-state index in [0.717, 1.165) is 11.1 Å². The summed E-state index contributed by atoms with van der Waals surface area (Å²) in [6.07, 6.45) is 1.06. The number of amides is 1. The summed E-state index contributed by atoms with van der Waals surface area (Å²) in [7, 11) is 0. The van der Waals surface area contributed by atoms with Gasteiger partial charge >= 0.3 is 5.97 Å². The lowest BCUT2D eigenvalue weighted by atomic mass is 10.3. The van der Waals surface area contributed by atoms with Crippen LogP contribution in [0, 0.1) is 0 Å². The predicted molar refractivity (Wildman–Crippen MR) is 57.6 cm³/mol. The number of carboxylic acid groups (broad SMARTS) is 1. The SMILES string of the molecule is CC(=O)N(C=C(Cl)Cl)[C@@H](CS)C(=O)O. The zero-order valence-electron chi connectivity index (χ0n) is 7.28. The molecule has 0 bridgehead atoms. The number of carbonyl (C=O) groups excluding carboxylic acids is 1. The number of thiol groups is 1. The highest BCUT2D eigenvalue weighted by atomic mass is 35.5. The quantitative estimate of drug-likeness (QED) is 0.751. The van der Waals surface area contributed by atoms with E-state index in [1.54, 1.807) is 0 Å². The lowest BCUT2D eigenvalue weighted by Crippen LogP contribution is -2.42. The summed E-state index contributed by atoms with van der Waals surface area (Å²) in [5.74, 6) is -1.65. The first-order valence-corrected chi connectivity index (χ1v) is 4.94. The van der Waals surface area contributed by atoms with Gasteiger partial charge in [0.2, 0.25) is 5.91 Å². The van der Waals surface area contributed by atoms with Crippen molar-refractivity contribution in [3.05, 3.63) is 10.7 Å². The molecular formula is C7H9Cl2NO3S. The molecule has 0 aliphatic carbocycles. The van der Waals surface area contributed by atoms with Gasteiger partial charge in [0.25, 0.3) is 0 Å². The van der Waals surface area contributed by atoms with Crippen LogP contribution in [0.5, 0.6) is 0 Å². The molecule has 0 fully saturated rings. The molecule has 1 atom stereocenters. The second-order valence-corrected chi connectivity index (χ2v) is 3.75. The molecule has 0 saturated heterocycles. The van der Waals surface area contributed by atoms with Crippen molar-refractivity contribution in [2.24, 2.45) is 0 Å². The Morgan fingerprint density at radius 1 is 1.57 bits per heavy atom. The van der Waals surface area contributed by atoms with Crippen LogP contribution in [0.2, 0.25) is 0 Å². The first-order valence-electron chi connectivity index (χ1n) is 3.55. The van der Waals surface area contributed by atoms with E-state index in [1.165, 1.54) is 6.92 Å². The molecule has 7 heteroatoms. The molecule has 0 rings (SSSR count). The summed E-state index contributed by atoms with van der Waals surface area (Å²) < 4.78 is -0.187. The van der Waals surface area contributed by atoms with E-state index in [9.17, 15) is 9.59 Å². The fourth-order valence-corrected chi connectivity index (χ4v) is 1.33. The number of hydrogen-bond acceptors (Lipinski definition) is 3. The molecule has 0 aromatic heterocycles. The molecule has 0 aliphatic heterocycles. The van der Waals surface area contributed by atoms with Gasteiger partial charge in [0.1, 0.15) is 10.5 Å². The van der Waals surface area contributed by atoms with Crippen LogP contribution in [0.4, 0.5) is 0 Å². The smallest absolute Gasteiger partial charge is 0.327 e. The van der Waals surface area contributed by atoms with Gasteiger partial charge in [0, 0.05) is 18.9 Å². The molecular weight excluding hydrogens is 249 g/mol. The molecule has 0 aliphatic rings. The Balaban J connectivity index is 4.88. The van der Waals surface area contributed by atoms with Crippen molar-refractivity contribution in [1.82, 2.24) is 4.90 Å². The van der Waals surface area contributed by atoms with E-state index in [0.29, 0.717) is 0 Å². The summed E-state index contributed by atoms with van der Waals surface area (Å²) in [4.78, 5) is 22.7. The van der Waals surface area contributed by atoms with E-state index in [4.69, 9.17) is 28.3 Å². The van der Waals surface area contributed by atoms with Crippen LogP contribution in [0.15, 0.2) is 10.7 Å². The van der Waals surface area contributed by atoms with Gasteiger partial charge < -0.3 is 10.0 Å². The number of halogens is 2. The third-order valence-corrected chi connectivity index (χ3v) is 1.94. The summed E-state index contributed by atoms with van der Waals surface area (Å²) in [6, 6.07) is -1.07. The fourth-order valence-electron chi connectivity index (χ4n) is 0.791. The molecule has 80 valence electrons. The molecule has 0 aromatic carbocycles. The number of rotatable bonds is 4. The predicted octanol–water partition coefficient (Wildman–Crippen LogP) is 1.49. The number of carbonyl (C=O) groups is 2. The molecule has 0 spiro atoms. The van der Waals surface area contributed by atoms with Gasteiger partial charge in [-0.2, -0.15) is 12.6 Å². The minimum Gasteiger partial charge on any atom is -0.480 e.